The minimum atomic E-state index is -0.551. The Labute approximate surface area is 175 Å². The van der Waals surface area contributed by atoms with Crippen molar-refractivity contribution in [2.24, 2.45) is 5.73 Å². The first-order valence-corrected chi connectivity index (χ1v) is 10.0. The molecule has 0 saturated carbocycles. The summed E-state index contributed by atoms with van der Waals surface area (Å²) in [5.41, 5.74) is 7.11. The molecule has 0 unspecified atom stereocenters. The molecule has 0 saturated heterocycles. The van der Waals surface area contributed by atoms with Gasteiger partial charge in [0.05, 0.1) is 17.7 Å². The highest BCUT2D eigenvalue weighted by atomic mass is 16.2. The molecule has 0 spiro atoms. The van der Waals surface area contributed by atoms with Gasteiger partial charge in [0, 0.05) is 19.5 Å². The fourth-order valence-corrected chi connectivity index (χ4v) is 3.55. The van der Waals surface area contributed by atoms with Crippen molar-refractivity contribution in [1.29, 1.82) is 0 Å². The number of hydrogen-bond donors (Lipinski definition) is 1. The number of benzene rings is 2. The van der Waals surface area contributed by atoms with E-state index in [1.807, 2.05) is 30.3 Å². The second kappa shape index (κ2) is 9.82. The van der Waals surface area contributed by atoms with Gasteiger partial charge in [-0.2, -0.15) is 0 Å². The second-order valence-electron chi connectivity index (χ2n) is 7.32. The Bertz CT molecular complexity index is 907. The Balaban J connectivity index is 1.45. The van der Waals surface area contributed by atoms with Crippen LogP contribution in [0.25, 0.3) is 0 Å². The van der Waals surface area contributed by atoms with Crippen molar-refractivity contribution in [3.8, 4) is 0 Å². The summed E-state index contributed by atoms with van der Waals surface area (Å²) in [6, 6.07) is 16.2. The van der Waals surface area contributed by atoms with E-state index in [1.165, 1.54) is 9.80 Å². The highest BCUT2D eigenvalue weighted by Gasteiger charge is 2.34. The van der Waals surface area contributed by atoms with Crippen LogP contribution in [0.3, 0.4) is 0 Å². The molecule has 0 aromatic heterocycles. The van der Waals surface area contributed by atoms with Crippen LogP contribution in [0.15, 0.2) is 54.6 Å². The van der Waals surface area contributed by atoms with Crippen LogP contribution in [0, 0.1) is 0 Å². The summed E-state index contributed by atoms with van der Waals surface area (Å²) in [5.74, 6) is -1.22. The average Bonchev–Trinajstić information content (AvgIpc) is 2.98. The van der Waals surface area contributed by atoms with E-state index in [4.69, 9.17) is 5.73 Å². The van der Waals surface area contributed by atoms with Gasteiger partial charge in [0.1, 0.15) is 0 Å². The number of imide groups is 1. The number of unbranched alkanes of at least 4 members (excludes halogenated alkanes) is 2. The van der Waals surface area contributed by atoms with Crippen molar-refractivity contribution in [3.63, 3.8) is 0 Å². The lowest BCUT2D eigenvalue weighted by Crippen LogP contribution is -2.37. The topological polar surface area (TPSA) is 101 Å². The van der Waals surface area contributed by atoms with E-state index < -0.39 is 5.91 Å². The second-order valence-corrected chi connectivity index (χ2v) is 7.32. The van der Waals surface area contributed by atoms with Crippen LogP contribution in [-0.4, -0.2) is 46.5 Å². The van der Waals surface area contributed by atoms with Crippen molar-refractivity contribution >= 4 is 23.6 Å². The molecule has 0 aliphatic carbocycles. The lowest BCUT2D eigenvalue weighted by atomic mass is 10.1. The zero-order chi connectivity index (χ0) is 21.5. The van der Waals surface area contributed by atoms with Gasteiger partial charge in [-0.05, 0) is 30.5 Å². The molecule has 2 aromatic carbocycles. The van der Waals surface area contributed by atoms with Crippen LogP contribution in [-0.2, 0) is 16.1 Å². The summed E-state index contributed by atoms with van der Waals surface area (Å²) in [4.78, 5) is 51.3. The first-order chi connectivity index (χ1) is 14.5. The predicted octanol–water partition coefficient (Wildman–Crippen LogP) is 2.36. The van der Waals surface area contributed by atoms with E-state index in [0.29, 0.717) is 43.5 Å². The van der Waals surface area contributed by atoms with Gasteiger partial charge in [-0.15, -0.1) is 0 Å². The third kappa shape index (κ3) is 5.11. The number of carbonyl (C=O) groups excluding carboxylic acids is 4. The van der Waals surface area contributed by atoms with Crippen molar-refractivity contribution in [2.75, 3.05) is 13.1 Å². The summed E-state index contributed by atoms with van der Waals surface area (Å²) in [7, 11) is 0. The fraction of sp³-hybridized carbons (Fsp3) is 0.304. The average molecular weight is 407 g/mol. The minimum Gasteiger partial charge on any atom is -0.368 e. The molecule has 1 aliphatic rings. The van der Waals surface area contributed by atoms with E-state index in [0.717, 1.165) is 5.56 Å². The molecule has 7 nitrogen and oxygen atoms in total. The number of rotatable bonds is 10. The molecule has 1 heterocycles. The molecule has 156 valence electrons. The van der Waals surface area contributed by atoms with Crippen LogP contribution in [0.4, 0.5) is 0 Å². The molecule has 0 fully saturated rings. The summed E-state index contributed by atoms with van der Waals surface area (Å²) in [6.45, 7) is 0.538. The number of nitrogens with zero attached hydrogens (tertiary/aromatic N) is 2. The van der Waals surface area contributed by atoms with Gasteiger partial charge in [0.15, 0.2) is 0 Å². The highest BCUT2D eigenvalue weighted by molar-refractivity contribution is 6.21. The zero-order valence-corrected chi connectivity index (χ0v) is 16.8. The number of fused-ring (bicyclic) bond motifs is 1. The van der Waals surface area contributed by atoms with Gasteiger partial charge < -0.3 is 10.6 Å². The SMILES string of the molecule is NC(=O)CN(Cc1ccccc1)C(=O)CCCCCN1C(=O)c2ccccc2C1=O. The Morgan fingerprint density at radius 3 is 2.03 bits per heavy atom. The van der Waals surface area contributed by atoms with Crippen LogP contribution < -0.4 is 5.73 Å². The molecule has 0 radical (unpaired) electrons. The Morgan fingerprint density at radius 1 is 0.833 bits per heavy atom. The van der Waals surface area contributed by atoms with Gasteiger partial charge in [-0.3, -0.25) is 24.1 Å². The molecule has 2 aromatic rings. The highest BCUT2D eigenvalue weighted by Crippen LogP contribution is 2.22. The Hall–Kier alpha value is -3.48. The number of hydrogen-bond acceptors (Lipinski definition) is 4. The lowest BCUT2D eigenvalue weighted by molar-refractivity contribution is -0.135. The molecule has 3 rings (SSSR count). The number of carbonyl (C=O) groups is 4. The molecule has 7 heteroatoms. The van der Waals surface area contributed by atoms with Gasteiger partial charge in [0.2, 0.25) is 11.8 Å². The molecule has 2 N–H and O–H groups in total. The largest absolute Gasteiger partial charge is 0.368 e. The van der Waals surface area contributed by atoms with Crippen LogP contribution in [0.1, 0.15) is 52.0 Å². The molecular weight excluding hydrogens is 382 g/mol. The van der Waals surface area contributed by atoms with Crippen LogP contribution in [0.2, 0.25) is 0 Å². The number of amides is 4. The van der Waals surface area contributed by atoms with Crippen LogP contribution >= 0.6 is 0 Å². The van der Waals surface area contributed by atoms with Gasteiger partial charge in [-0.1, -0.05) is 48.9 Å². The third-order valence-corrected chi connectivity index (χ3v) is 5.07. The molecule has 4 amide bonds. The number of nitrogens with two attached hydrogens (primary N) is 1. The quantitative estimate of drug-likeness (QED) is 0.483. The third-order valence-electron chi connectivity index (χ3n) is 5.07. The van der Waals surface area contributed by atoms with Crippen molar-refractivity contribution in [2.45, 2.75) is 32.2 Å². The van der Waals surface area contributed by atoms with E-state index in [-0.39, 0.29) is 30.7 Å². The van der Waals surface area contributed by atoms with Gasteiger partial charge in [0.25, 0.3) is 11.8 Å². The molecule has 0 bridgehead atoms. The summed E-state index contributed by atoms with van der Waals surface area (Å²) in [6.07, 6.45) is 2.19. The Kier molecular flexibility index (Phi) is 6.95. The molecule has 30 heavy (non-hydrogen) atoms. The molecular formula is C23H25N3O4. The summed E-state index contributed by atoms with van der Waals surface area (Å²) >= 11 is 0. The van der Waals surface area contributed by atoms with E-state index in [1.54, 1.807) is 24.3 Å². The minimum absolute atomic E-state index is 0.122. The van der Waals surface area contributed by atoms with E-state index >= 15 is 0 Å². The fourth-order valence-electron chi connectivity index (χ4n) is 3.55. The predicted molar refractivity (Wildman–Crippen MR) is 111 cm³/mol. The Morgan fingerprint density at radius 2 is 1.43 bits per heavy atom. The standard InChI is InChI=1S/C23H25N3O4/c24-20(27)16-25(15-17-9-3-1-4-10-17)21(28)13-5-2-8-14-26-22(29)18-11-6-7-12-19(18)23(26)30/h1,3-4,6-7,9-12H,2,5,8,13-16H2,(H2,24,27). The first-order valence-electron chi connectivity index (χ1n) is 10.0. The van der Waals surface area contributed by atoms with Gasteiger partial charge >= 0.3 is 0 Å². The van der Waals surface area contributed by atoms with E-state index in [9.17, 15) is 19.2 Å². The zero-order valence-electron chi connectivity index (χ0n) is 16.8. The maximum absolute atomic E-state index is 12.6. The first kappa shape index (κ1) is 21.2. The van der Waals surface area contributed by atoms with Crippen molar-refractivity contribution < 1.29 is 19.2 Å². The smallest absolute Gasteiger partial charge is 0.261 e. The molecule has 1 aliphatic heterocycles. The summed E-state index contributed by atoms with van der Waals surface area (Å²) < 4.78 is 0. The van der Waals surface area contributed by atoms with Crippen molar-refractivity contribution in [3.05, 3.63) is 71.3 Å². The monoisotopic (exact) mass is 407 g/mol. The maximum Gasteiger partial charge on any atom is 0.261 e. The van der Waals surface area contributed by atoms with Crippen LogP contribution in [0.5, 0.6) is 0 Å². The maximum atomic E-state index is 12.6. The van der Waals surface area contributed by atoms with E-state index in [2.05, 4.69) is 0 Å². The normalized spacial score (nSPS) is 12.7. The number of primary amides is 1. The van der Waals surface area contributed by atoms with Crippen molar-refractivity contribution in [1.82, 2.24) is 9.80 Å². The summed E-state index contributed by atoms with van der Waals surface area (Å²) in [5, 5.41) is 0. The van der Waals surface area contributed by atoms with Gasteiger partial charge in [-0.25, -0.2) is 0 Å². The molecule has 0 atom stereocenters. The lowest BCUT2D eigenvalue weighted by Gasteiger charge is -2.21.